The van der Waals surface area contributed by atoms with Crippen LogP contribution >= 0.6 is 0 Å². The molecule has 5 rings (SSSR count). The second-order valence-electron chi connectivity index (χ2n) is 8.69. The second kappa shape index (κ2) is 10.9. The number of aromatic carboxylic acids is 1. The zero-order valence-corrected chi connectivity index (χ0v) is 21.1. The molecule has 0 aliphatic heterocycles. The van der Waals surface area contributed by atoms with Crippen LogP contribution in [0.1, 0.15) is 32.0 Å². The fourth-order valence-electron chi connectivity index (χ4n) is 3.81. The van der Waals surface area contributed by atoms with Gasteiger partial charge >= 0.3 is 18.2 Å². The van der Waals surface area contributed by atoms with Gasteiger partial charge in [-0.05, 0) is 60.5 Å². The van der Waals surface area contributed by atoms with Crippen LogP contribution in [0.3, 0.4) is 0 Å². The highest BCUT2D eigenvalue weighted by Gasteiger charge is 2.39. The van der Waals surface area contributed by atoms with Gasteiger partial charge in [-0.2, -0.15) is 18.3 Å². The number of carbonyl (C=O) groups is 2. The molecule has 3 aromatic heterocycles. The maximum absolute atomic E-state index is 13.6. The molecule has 2 aromatic carbocycles. The smallest absolute Gasteiger partial charge is 0.435 e. The molecule has 0 saturated heterocycles. The molecule has 2 N–H and O–H groups in total. The van der Waals surface area contributed by atoms with E-state index in [1.165, 1.54) is 55.0 Å². The van der Waals surface area contributed by atoms with Gasteiger partial charge < -0.3 is 15.2 Å². The number of alkyl halides is 3. The first-order valence-electron chi connectivity index (χ1n) is 11.9. The number of halogens is 3. The number of ether oxygens (including phenoxy) is 1. The van der Waals surface area contributed by atoms with Crippen molar-refractivity contribution in [3.63, 3.8) is 0 Å². The summed E-state index contributed by atoms with van der Waals surface area (Å²) in [6.45, 7) is 1.70. The van der Waals surface area contributed by atoms with Crippen molar-refractivity contribution < 1.29 is 32.6 Å². The Kier molecular flexibility index (Phi) is 7.17. The van der Waals surface area contributed by atoms with E-state index < -0.39 is 29.3 Å². The molecule has 0 aliphatic carbocycles. The number of amides is 1. The fraction of sp³-hybridized carbons (Fsp3) is 0.0714. The van der Waals surface area contributed by atoms with Crippen LogP contribution in [0.4, 0.5) is 18.9 Å². The molecule has 206 valence electrons. The molecule has 0 atom stereocenters. The number of benzene rings is 2. The number of nitrogens with zero attached hydrogens (tertiary/aromatic N) is 5. The molecule has 0 bridgehead atoms. The van der Waals surface area contributed by atoms with E-state index >= 15 is 0 Å². The van der Waals surface area contributed by atoms with Crippen molar-refractivity contribution in [2.24, 2.45) is 0 Å². The first kappa shape index (κ1) is 27.0. The zero-order valence-electron chi connectivity index (χ0n) is 21.1. The lowest BCUT2D eigenvalue weighted by molar-refractivity contribution is -0.141. The van der Waals surface area contributed by atoms with Gasteiger partial charge in [0, 0.05) is 36.0 Å². The van der Waals surface area contributed by atoms with E-state index in [2.05, 4.69) is 25.4 Å². The number of carbonyl (C=O) groups excluding carboxylic acids is 1. The molecule has 3 heterocycles. The number of pyridine rings is 1. The van der Waals surface area contributed by atoms with Crippen molar-refractivity contribution in [2.75, 3.05) is 5.32 Å². The van der Waals surface area contributed by atoms with E-state index in [1.807, 2.05) is 0 Å². The largest absolute Gasteiger partial charge is 0.478 e. The van der Waals surface area contributed by atoms with Gasteiger partial charge in [-0.3, -0.25) is 4.79 Å². The average Bonchev–Trinajstić information content (AvgIpc) is 3.42. The Morgan fingerprint density at radius 1 is 0.951 bits per heavy atom. The predicted molar refractivity (Wildman–Crippen MR) is 140 cm³/mol. The van der Waals surface area contributed by atoms with Gasteiger partial charge in [0.2, 0.25) is 0 Å². The van der Waals surface area contributed by atoms with Gasteiger partial charge in [0.15, 0.2) is 11.5 Å². The molecule has 0 saturated carbocycles. The topological polar surface area (TPSA) is 132 Å². The Morgan fingerprint density at radius 2 is 1.68 bits per heavy atom. The number of nitrogens with one attached hydrogen (secondary N) is 1. The van der Waals surface area contributed by atoms with E-state index in [1.54, 1.807) is 31.2 Å². The first-order chi connectivity index (χ1) is 19.6. The Labute approximate surface area is 230 Å². The molecular formula is C28H19F3N6O4. The molecule has 13 heteroatoms. The lowest BCUT2D eigenvalue weighted by Gasteiger charge is -2.09. The third-order valence-corrected chi connectivity index (χ3v) is 5.84. The van der Waals surface area contributed by atoms with Crippen LogP contribution in [0.15, 0.2) is 85.5 Å². The number of anilines is 1. The minimum Gasteiger partial charge on any atom is -0.478 e. The zero-order chi connectivity index (χ0) is 29.1. The van der Waals surface area contributed by atoms with E-state index in [4.69, 9.17) is 9.84 Å². The molecule has 0 fully saturated rings. The van der Waals surface area contributed by atoms with Crippen molar-refractivity contribution in [1.29, 1.82) is 0 Å². The van der Waals surface area contributed by atoms with E-state index in [0.29, 0.717) is 22.4 Å². The van der Waals surface area contributed by atoms with Crippen molar-refractivity contribution in [2.45, 2.75) is 13.1 Å². The van der Waals surface area contributed by atoms with Crippen molar-refractivity contribution >= 4 is 17.6 Å². The summed E-state index contributed by atoms with van der Waals surface area (Å²) >= 11 is 0. The normalized spacial score (nSPS) is 11.2. The number of carboxylic acids is 1. The van der Waals surface area contributed by atoms with Crippen LogP contribution in [0.5, 0.6) is 11.8 Å². The summed E-state index contributed by atoms with van der Waals surface area (Å²) in [7, 11) is 0. The summed E-state index contributed by atoms with van der Waals surface area (Å²) in [6.07, 6.45) is 0.557. The molecule has 1 amide bonds. The van der Waals surface area contributed by atoms with E-state index in [0.717, 1.165) is 10.9 Å². The minimum absolute atomic E-state index is 0.0514. The second-order valence-corrected chi connectivity index (χ2v) is 8.69. The molecule has 10 nitrogen and oxygen atoms in total. The number of aryl methyl sites for hydroxylation is 1. The Morgan fingerprint density at radius 3 is 2.29 bits per heavy atom. The van der Waals surface area contributed by atoms with Gasteiger partial charge in [-0.1, -0.05) is 18.2 Å². The molecule has 0 aliphatic rings. The minimum atomic E-state index is -4.85. The predicted octanol–water partition coefficient (Wildman–Crippen LogP) is 5.79. The van der Waals surface area contributed by atoms with Crippen molar-refractivity contribution in [1.82, 2.24) is 24.7 Å². The molecule has 0 radical (unpaired) electrons. The number of hydrogen-bond acceptors (Lipinski definition) is 7. The van der Waals surface area contributed by atoms with E-state index in [9.17, 15) is 22.8 Å². The lowest BCUT2D eigenvalue weighted by Crippen LogP contribution is -2.17. The first-order valence-corrected chi connectivity index (χ1v) is 11.9. The van der Waals surface area contributed by atoms with Crippen molar-refractivity contribution in [3.05, 3.63) is 108 Å². The third-order valence-electron chi connectivity index (χ3n) is 5.84. The Hall–Kier alpha value is -5.59. The number of carboxylic acid groups (broad SMARTS) is 1. The monoisotopic (exact) mass is 560 g/mol. The highest BCUT2D eigenvalue weighted by Crippen LogP contribution is 2.32. The molecule has 0 unspecified atom stereocenters. The van der Waals surface area contributed by atoms with Gasteiger partial charge in [0.25, 0.3) is 5.91 Å². The van der Waals surface area contributed by atoms with E-state index in [-0.39, 0.29) is 23.1 Å². The summed E-state index contributed by atoms with van der Waals surface area (Å²) in [5, 5.41) is 15.1. The fourth-order valence-corrected chi connectivity index (χ4v) is 3.81. The summed E-state index contributed by atoms with van der Waals surface area (Å²) in [4.78, 5) is 36.2. The van der Waals surface area contributed by atoms with Gasteiger partial charge in [0.1, 0.15) is 5.75 Å². The summed E-state index contributed by atoms with van der Waals surface area (Å²) in [6, 6.07) is 15.5. The van der Waals surface area contributed by atoms with Crippen LogP contribution in [0.25, 0.3) is 16.9 Å². The SMILES string of the molecule is Cc1cc(C(=O)O)ccc1Oc1ncc(-c2ccc(NC(=O)c3cn(-c4ccccn4)nc3C(F)(F)F)cc2)cn1. The number of hydrogen-bond donors (Lipinski definition) is 2. The summed E-state index contributed by atoms with van der Waals surface area (Å²) < 4.78 is 47.4. The molecule has 41 heavy (non-hydrogen) atoms. The maximum atomic E-state index is 13.6. The summed E-state index contributed by atoms with van der Waals surface area (Å²) in [5.41, 5.74) is 0.305. The van der Waals surface area contributed by atoms with Crippen molar-refractivity contribution in [3.8, 4) is 28.7 Å². The maximum Gasteiger partial charge on any atom is 0.435 e. The third kappa shape index (κ3) is 6.03. The van der Waals surface area contributed by atoms with Gasteiger partial charge in [0.05, 0.1) is 11.1 Å². The van der Waals surface area contributed by atoms with Crippen LogP contribution in [0, 0.1) is 6.92 Å². The number of aromatic nitrogens is 5. The van der Waals surface area contributed by atoms with Gasteiger partial charge in [-0.15, -0.1) is 0 Å². The van der Waals surface area contributed by atoms with Crippen LogP contribution in [-0.2, 0) is 6.18 Å². The van der Waals surface area contributed by atoms with Crippen LogP contribution in [0.2, 0.25) is 0 Å². The Balaban J connectivity index is 1.29. The average molecular weight is 560 g/mol. The highest BCUT2D eigenvalue weighted by atomic mass is 19.4. The number of rotatable bonds is 7. The lowest BCUT2D eigenvalue weighted by atomic mass is 10.1. The summed E-state index contributed by atoms with van der Waals surface area (Å²) in [5.74, 6) is -1.49. The van der Waals surface area contributed by atoms with Crippen LogP contribution in [-0.4, -0.2) is 41.7 Å². The Bertz CT molecular complexity index is 1720. The van der Waals surface area contributed by atoms with Gasteiger partial charge in [-0.25, -0.2) is 24.4 Å². The quantitative estimate of drug-likeness (QED) is 0.256. The highest BCUT2D eigenvalue weighted by molar-refractivity contribution is 6.05. The van der Waals surface area contributed by atoms with Crippen LogP contribution < -0.4 is 10.1 Å². The molecule has 5 aromatic rings. The molecule has 0 spiro atoms. The molecular weight excluding hydrogens is 541 g/mol. The standard InChI is InChI=1S/C28H19F3N6O4/c1-16-12-18(26(39)40)7-10-22(16)41-27-33-13-19(14-34-27)17-5-8-20(9-6-17)35-25(38)21-15-37(23-4-2-3-11-32-23)36-24(21)28(29,30)31/h2-15H,1H3,(H,35,38)(H,39,40).